The van der Waals surface area contributed by atoms with Gasteiger partial charge in [0, 0.05) is 12.4 Å². The Morgan fingerprint density at radius 2 is 2.05 bits per heavy atom. The van der Waals surface area contributed by atoms with Crippen molar-refractivity contribution in [2.75, 3.05) is 0 Å². The molecule has 19 heavy (non-hydrogen) atoms. The van der Waals surface area contributed by atoms with Gasteiger partial charge in [0.1, 0.15) is 12.1 Å². The molecule has 100 valence electrons. The normalized spacial score (nSPS) is 11.4. The highest BCUT2D eigenvalue weighted by Crippen LogP contribution is 2.25. The Morgan fingerprint density at radius 1 is 1.32 bits per heavy atom. The highest BCUT2D eigenvalue weighted by Gasteiger charge is 2.31. The van der Waals surface area contributed by atoms with Gasteiger partial charge in [-0.15, -0.1) is 0 Å². The number of ether oxygens (including phenoxy) is 1. The summed E-state index contributed by atoms with van der Waals surface area (Å²) in [5.41, 5.74) is 1.17. The van der Waals surface area contributed by atoms with Crippen LogP contribution in [0.3, 0.4) is 0 Å². The lowest BCUT2D eigenvalue weighted by atomic mass is 10.1. The van der Waals surface area contributed by atoms with Crippen LogP contribution in [-0.4, -0.2) is 21.1 Å². The Hall–Kier alpha value is -2.10. The summed E-state index contributed by atoms with van der Waals surface area (Å²) in [6.45, 7) is 7.48. The zero-order chi connectivity index (χ0) is 14.0. The van der Waals surface area contributed by atoms with Crippen molar-refractivity contribution in [3.8, 4) is 5.75 Å². The number of imidazole rings is 1. The molecule has 1 aromatic carbocycles. The lowest BCUT2D eigenvalue weighted by Crippen LogP contribution is -2.41. The summed E-state index contributed by atoms with van der Waals surface area (Å²) in [5, 5.41) is 0. The molecule has 0 N–H and O–H groups in total. The first-order chi connectivity index (χ1) is 8.90. The Balaban J connectivity index is 2.26. The zero-order valence-corrected chi connectivity index (χ0v) is 11.7. The molecule has 0 saturated carbocycles. The molecular weight excluding hydrogens is 240 g/mol. The van der Waals surface area contributed by atoms with Gasteiger partial charge >= 0.3 is 0 Å². The van der Waals surface area contributed by atoms with Gasteiger partial charge in [-0.3, -0.25) is 9.36 Å². The van der Waals surface area contributed by atoms with Crippen LogP contribution in [0.4, 0.5) is 0 Å². The molecule has 1 aromatic heterocycles. The van der Waals surface area contributed by atoms with Crippen LogP contribution in [0.25, 0.3) is 0 Å². The van der Waals surface area contributed by atoms with E-state index in [0.717, 1.165) is 16.9 Å². The molecule has 4 nitrogen and oxygen atoms in total. The van der Waals surface area contributed by atoms with Crippen LogP contribution in [0.5, 0.6) is 5.75 Å². The number of carbonyl (C=O) groups excluding carboxylic acids is 1. The number of aryl methyl sites for hydroxylation is 2. The van der Waals surface area contributed by atoms with E-state index in [1.54, 1.807) is 26.2 Å². The molecule has 0 spiro atoms. The summed E-state index contributed by atoms with van der Waals surface area (Å²) in [7, 11) is 0. The smallest absolute Gasteiger partial charge is 0.275 e. The fourth-order valence-corrected chi connectivity index (χ4v) is 1.83. The summed E-state index contributed by atoms with van der Waals surface area (Å²) in [4.78, 5) is 16.2. The Labute approximate surface area is 113 Å². The predicted octanol–water partition coefficient (Wildman–Crippen LogP) is 3.00. The van der Waals surface area contributed by atoms with Gasteiger partial charge in [-0.2, -0.15) is 0 Å². The van der Waals surface area contributed by atoms with Crippen molar-refractivity contribution in [1.29, 1.82) is 0 Å². The second kappa shape index (κ2) is 4.88. The lowest BCUT2D eigenvalue weighted by molar-refractivity contribution is 0.0485. The highest BCUT2D eigenvalue weighted by atomic mass is 16.5. The molecule has 4 heteroatoms. The molecule has 0 unspecified atom stereocenters. The number of hydrogen-bond donors (Lipinski definition) is 0. The van der Waals surface area contributed by atoms with E-state index in [1.165, 1.54) is 10.9 Å². The maximum atomic E-state index is 12.3. The van der Waals surface area contributed by atoms with Crippen molar-refractivity contribution >= 4 is 5.91 Å². The molecule has 1 heterocycles. The number of nitrogens with zero attached hydrogens (tertiary/aromatic N) is 2. The quantitative estimate of drug-likeness (QED) is 0.850. The molecule has 0 saturated heterocycles. The van der Waals surface area contributed by atoms with Crippen LogP contribution >= 0.6 is 0 Å². The molecule has 0 amide bonds. The SMILES string of the molecule is Cc1ccc(C)c(OC(C)(C)C(=O)n2ccnc2)c1. The number of benzene rings is 1. The maximum Gasteiger partial charge on any atom is 0.275 e. The summed E-state index contributed by atoms with van der Waals surface area (Å²) in [6, 6.07) is 5.95. The average molecular weight is 258 g/mol. The van der Waals surface area contributed by atoms with Gasteiger partial charge in [0.2, 0.25) is 0 Å². The van der Waals surface area contributed by atoms with E-state index in [9.17, 15) is 4.79 Å². The first kappa shape index (κ1) is 13.3. The molecule has 2 rings (SSSR count). The summed E-state index contributed by atoms with van der Waals surface area (Å²) in [5.74, 6) is 0.587. The average Bonchev–Trinajstić information content (AvgIpc) is 2.86. The van der Waals surface area contributed by atoms with Crippen molar-refractivity contribution in [3.05, 3.63) is 48.0 Å². The fourth-order valence-electron chi connectivity index (χ4n) is 1.83. The summed E-state index contributed by atoms with van der Waals surface area (Å²) in [6.07, 6.45) is 4.68. The van der Waals surface area contributed by atoms with E-state index in [2.05, 4.69) is 4.98 Å². The fraction of sp³-hybridized carbons (Fsp3) is 0.333. The number of aromatic nitrogens is 2. The van der Waals surface area contributed by atoms with Gasteiger partial charge in [-0.05, 0) is 44.9 Å². The van der Waals surface area contributed by atoms with E-state index in [4.69, 9.17) is 4.74 Å². The van der Waals surface area contributed by atoms with E-state index in [1.807, 2.05) is 32.0 Å². The van der Waals surface area contributed by atoms with Gasteiger partial charge in [-0.25, -0.2) is 4.98 Å². The molecule has 0 fully saturated rings. The van der Waals surface area contributed by atoms with Crippen LogP contribution in [0, 0.1) is 13.8 Å². The highest BCUT2D eigenvalue weighted by molar-refractivity contribution is 5.86. The summed E-state index contributed by atoms with van der Waals surface area (Å²) < 4.78 is 7.34. The predicted molar refractivity (Wildman–Crippen MR) is 73.5 cm³/mol. The van der Waals surface area contributed by atoms with E-state index < -0.39 is 5.60 Å². The minimum Gasteiger partial charge on any atom is -0.478 e. The summed E-state index contributed by atoms with van der Waals surface area (Å²) >= 11 is 0. The lowest BCUT2D eigenvalue weighted by Gasteiger charge is -2.26. The minimum absolute atomic E-state index is 0.147. The third kappa shape index (κ3) is 2.84. The molecular formula is C15H18N2O2. The van der Waals surface area contributed by atoms with Gasteiger partial charge in [0.15, 0.2) is 5.60 Å². The van der Waals surface area contributed by atoms with Crippen LogP contribution in [-0.2, 0) is 0 Å². The van der Waals surface area contributed by atoms with E-state index in [-0.39, 0.29) is 5.91 Å². The van der Waals surface area contributed by atoms with Crippen LogP contribution in [0.15, 0.2) is 36.9 Å². The molecule has 0 radical (unpaired) electrons. The number of hydrogen-bond acceptors (Lipinski definition) is 3. The van der Waals surface area contributed by atoms with E-state index in [0.29, 0.717) is 0 Å². The van der Waals surface area contributed by atoms with Gasteiger partial charge in [0.25, 0.3) is 5.91 Å². The minimum atomic E-state index is -0.945. The van der Waals surface area contributed by atoms with Crippen molar-refractivity contribution in [2.45, 2.75) is 33.3 Å². The molecule has 0 aliphatic rings. The van der Waals surface area contributed by atoms with Crippen LogP contribution in [0.2, 0.25) is 0 Å². The van der Waals surface area contributed by atoms with Crippen molar-refractivity contribution in [3.63, 3.8) is 0 Å². The topological polar surface area (TPSA) is 44.1 Å². The number of rotatable bonds is 3. The van der Waals surface area contributed by atoms with E-state index >= 15 is 0 Å². The third-order valence-corrected chi connectivity index (χ3v) is 2.96. The largest absolute Gasteiger partial charge is 0.478 e. The van der Waals surface area contributed by atoms with Gasteiger partial charge in [0.05, 0.1) is 0 Å². The molecule has 2 aromatic rings. The molecule has 0 aliphatic carbocycles. The van der Waals surface area contributed by atoms with Gasteiger partial charge in [-0.1, -0.05) is 12.1 Å². The first-order valence-electron chi connectivity index (χ1n) is 6.19. The third-order valence-electron chi connectivity index (χ3n) is 2.96. The standard InChI is InChI=1S/C15H18N2O2/c1-11-5-6-12(2)13(9-11)19-15(3,4)14(18)17-8-7-16-10-17/h5-10H,1-4H3. The van der Waals surface area contributed by atoms with Crippen molar-refractivity contribution in [2.24, 2.45) is 0 Å². The maximum absolute atomic E-state index is 12.3. The van der Waals surface area contributed by atoms with Crippen molar-refractivity contribution < 1.29 is 9.53 Å². The van der Waals surface area contributed by atoms with Crippen molar-refractivity contribution in [1.82, 2.24) is 9.55 Å². The first-order valence-corrected chi connectivity index (χ1v) is 6.19. The molecule has 0 bridgehead atoms. The Kier molecular flexibility index (Phi) is 3.42. The molecule has 0 atom stereocenters. The Bertz CT molecular complexity index is 586. The second-order valence-electron chi connectivity index (χ2n) is 5.16. The van der Waals surface area contributed by atoms with Crippen LogP contribution < -0.4 is 4.74 Å². The monoisotopic (exact) mass is 258 g/mol. The second-order valence-corrected chi connectivity index (χ2v) is 5.16. The van der Waals surface area contributed by atoms with Crippen LogP contribution in [0.1, 0.15) is 29.8 Å². The van der Waals surface area contributed by atoms with Gasteiger partial charge < -0.3 is 4.74 Å². The molecule has 0 aliphatic heterocycles. The number of carbonyl (C=O) groups is 1. The Morgan fingerprint density at radius 3 is 2.68 bits per heavy atom. The zero-order valence-electron chi connectivity index (χ0n) is 11.7.